The van der Waals surface area contributed by atoms with E-state index in [1.54, 1.807) is 7.11 Å². The van der Waals surface area contributed by atoms with Gasteiger partial charge < -0.3 is 19.9 Å². The van der Waals surface area contributed by atoms with Crippen LogP contribution in [-0.2, 0) is 6.42 Å². The molecule has 1 aliphatic rings. The molecule has 0 unspecified atom stereocenters. The number of ether oxygens (including phenoxy) is 1. The van der Waals surface area contributed by atoms with Crippen LogP contribution in [0.3, 0.4) is 0 Å². The monoisotopic (exact) mass is 347 g/mol. The lowest BCUT2D eigenvalue weighted by atomic mass is 9.93. The van der Waals surface area contributed by atoms with E-state index in [4.69, 9.17) is 4.74 Å². The molecule has 1 fully saturated rings. The minimum Gasteiger partial charge on any atom is -0.497 e. The summed E-state index contributed by atoms with van der Waals surface area (Å²) in [6.45, 7) is 7.20. The first kappa shape index (κ1) is 19.6. The maximum absolute atomic E-state index is 12.5. The highest BCUT2D eigenvalue weighted by molar-refractivity contribution is 5.74. The Morgan fingerprint density at radius 3 is 2.68 bits per heavy atom. The number of amides is 2. The van der Waals surface area contributed by atoms with E-state index in [9.17, 15) is 4.79 Å². The fraction of sp³-hybridized carbons (Fsp3) is 0.650. The molecule has 2 rings (SSSR count). The Labute approximate surface area is 152 Å². The number of nitrogens with zero attached hydrogens (tertiary/aromatic N) is 2. The van der Waals surface area contributed by atoms with Gasteiger partial charge in [0.15, 0.2) is 0 Å². The Hall–Kier alpha value is -1.75. The van der Waals surface area contributed by atoms with Crippen LogP contribution in [0.5, 0.6) is 5.75 Å². The van der Waals surface area contributed by atoms with Crippen molar-refractivity contribution in [1.29, 1.82) is 0 Å². The number of benzene rings is 1. The van der Waals surface area contributed by atoms with Crippen molar-refractivity contribution in [2.45, 2.75) is 32.7 Å². The zero-order chi connectivity index (χ0) is 18.4. The van der Waals surface area contributed by atoms with Crippen molar-refractivity contribution in [3.05, 3.63) is 29.8 Å². The van der Waals surface area contributed by atoms with Crippen LogP contribution in [-0.4, -0.2) is 62.7 Å². The molecule has 1 aromatic rings. The zero-order valence-corrected chi connectivity index (χ0v) is 16.3. The molecule has 140 valence electrons. The fourth-order valence-electron chi connectivity index (χ4n) is 3.69. The molecule has 25 heavy (non-hydrogen) atoms. The Morgan fingerprint density at radius 2 is 2.08 bits per heavy atom. The van der Waals surface area contributed by atoms with Crippen molar-refractivity contribution in [2.24, 2.45) is 11.8 Å². The molecule has 0 spiro atoms. The highest BCUT2D eigenvalue weighted by Gasteiger charge is 2.29. The second-order valence-electron chi connectivity index (χ2n) is 7.55. The van der Waals surface area contributed by atoms with E-state index in [2.05, 4.69) is 43.2 Å². The minimum atomic E-state index is 0.0444. The number of likely N-dealkylation sites (tertiary alicyclic amines) is 1. The molecule has 0 aromatic heterocycles. The molecule has 1 aliphatic heterocycles. The van der Waals surface area contributed by atoms with Crippen LogP contribution in [0.1, 0.15) is 25.8 Å². The van der Waals surface area contributed by atoms with E-state index in [0.717, 1.165) is 31.7 Å². The maximum atomic E-state index is 12.5. The van der Waals surface area contributed by atoms with Crippen LogP contribution < -0.4 is 10.1 Å². The van der Waals surface area contributed by atoms with E-state index < -0.39 is 0 Å². The van der Waals surface area contributed by atoms with Crippen molar-refractivity contribution in [1.82, 2.24) is 15.1 Å². The summed E-state index contributed by atoms with van der Waals surface area (Å²) in [5.74, 6) is 1.77. The number of carbonyl (C=O) groups excluding carboxylic acids is 1. The van der Waals surface area contributed by atoms with E-state index >= 15 is 0 Å². The molecule has 1 heterocycles. The molecule has 0 aliphatic carbocycles. The standard InChI is InChI=1S/C20H33N3O2/c1-15(12-17-6-8-18(25-5)9-7-17)13-21-20(24)23(4)19-10-11-22(3)14-16(19)2/h6-9,15-16,19H,10-14H2,1-5H3,(H,21,24)/t15-,16-,19+/m0/s1. The van der Waals surface area contributed by atoms with Gasteiger partial charge in [-0.3, -0.25) is 0 Å². The largest absolute Gasteiger partial charge is 0.497 e. The van der Waals surface area contributed by atoms with Gasteiger partial charge in [-0.15, -0.1) is 0 Å². The molecular formula is C20H33N3O2. The first-order valence-electron chi connectivity index (χ1n) is 9.22. The number of methoxy groups -OCH3 is 1. The molecule has 5 nitrogen and oxygen atoms in total. The van der Waals surface area contributed by atoms with Gasteiger partial charge in [0.25, 0.3) is 0 Å². The first-order chi connectivity index (χ1) is 11.9. The summed E-state index contributed by atoms with van der Waals surface area (Å²) in [6, 6.07) is 8.51. The molecular weight excluding hydrogens is 314 g/mol. The highest BCUT2D eigenvalue weighted by Crippen LogP contribution is 2.20. The summed E-state index contributed by atoms with van der Waals surface area (Å²) in [4.78, 5) is 16.7. The molecule has 2 amide bonds. The van der Waals surface area contributed by atoms with Gasteiger partial charge in [-0.05, 0) is 56.0 Å². The van der Waals surface area contributed by atoms with Gasteiger partial charge >= 0.3 is 6.03 Å². The topological polar surface area (TPSA) is 44.8 Å². The number of hydrogen-bond acceptors (Lipinski definition) is 3. The lowest BCUT2D eigenvalue weighted by molar-refractivity contribution is 0.107. The third-order valence-corrected chi connectivity index (χ3v) is 5.23. The first-order valence-corrected chi connectivity index (χ1v) is 9.22. The Morgan fingerprint density at radius 1 is 1.40 bits per heavy atom. The Balaban J connectivity index is 1.78. The minimum absolute atomic E-state index is 0.0444. The van der Waals surface area contributed by atoms with Crippen LogP contribution in [0.2, 0.25) is 0 Å². The second-order valence-corrected chi connectivity index (χ2v) is 7.55. The molecule has 5 heteroatoms. The van der Waals surface area contributed by atoms with Crippen LogP contribution in [0.4, 0.5) is 4.79 Å². The lowest BCUT2D eigenvalue weighted by Gasteiger charge is -2.40. The summed E-state index contributed by atoms with van der Waals surface area (Å²) in [6.07, 6.45) is 1.99. The van der Waals surface area contributed by atoms with Gasteiger partial charge in [0.2, 0.25) is 0 Å². The van der Waals surface area contributed by atoms with Gasteiger partial charge in [-0.1, -0.05) is 26.0 Å². The third-order valence-electron chi connectivity index (χ3n) is 5.23. The lowest BCUT2D eigenvalue weighted by Crippen LogP contribution is -2.52. The van der Waals surface area contributed by atoms with Crippen molar-refractivity contribution in [2.75, 3.05) is 40.8 Å². The molecule has 0 saturated carbocycles. The fourth-order valence-corrected chi connectivity index (χ4v) is 3.69. The zero-order valence-electron chi connectivity index (χ0n) is 16.3. The second kappa shape index (κ2) is 9.09. The van der Waals surface area contributed by atoms with Crippen molar-refractivity contribution >= 4 is 6.03 Å². The van der Waals surface area contributed by atoms with Gasteiger partial charge in [-0.25, -0.2) is 4.79 Å². The molecule has 1 N–H and O–H groups in total. The van der Waals surface area contributed by atoms with Gasteiger partial charge in [0.05, 0.1) is 7.11 Å². The highest BCUT2D eigenvalue weighted by atomic mass is 16.5. The van der Waals surface area contributed by atoms with Crippen LogP contribution in [0.25, 0.3) is 0 Å². The summed E-state index contributed by atoms with van der Waals surface area (Å²) in [5.41, 5.74) is 1.26. The number of hydrogen-bond donors (Lipinski definition) is 1. The number of urea groups is 1. The molecule has 3 atom stereocenters. The third kappa shape index (κ3) is 5.63. The van der Waals surface area contributed by atoms with Gasteiger partial charge in [0.1, 0.15) is 5.75 Å². The summed E-state index contributed by atoms with van der Waals surface area (Å²) in [5, 5.41) is 3.10. The molecule has 1 saturated heterocycles. The van der Waals surface area contributed by atoms with Crippen LogP contribution in [0, 0.1) is 11.8 Å². The maximum Gasteiger partial charge on any atom is 0.317 e. The van der Waals surface area contributed by atoms with Crippen molar-refractivity contribution < 1.29 is 9.53 Å². The number of piperidine rings is 1. The number of rotatable bonds is 6. The smallest absolute Gasteiger partial charge is 0.317 e. The quantitative estimate of drug-likeness (QED) is 0.861. The predicted octanol–water partition coefficient (Wildman–Crippen LogP) is 2.86. The SMILES string of the molecule is COc1ccc(C[C@H](C)CNC(=O)N(C)[C@@H]2CCN(C)C[C@@H]2C)cc1. The van der Waals surface area contributed by atoms with Crippen LogP contribution >= 0.6 is 0 Å². The molecule has 1 aromatic carbocycles. The number of carbonyl (C=O) groups is 1. The molecule has 0 bridgehead atoms. The van der Waals surface area contributed by atoms with E-state index in [0.29, 0.717) is 24.4 Å². The summed E-state index contributed by atoms with van der Waals surface area (Å²) >= 11 is 0. The van der Waals surface area contributed by atoms with E-state index in [1.807, 2.05) is 24.1 Å². The van der Waals surface area contributed by atoms with E-state index in [-0.39, 0.29) is 6.03 Å². The Kier molecular flexibility index (Phi) is 7.12. The average molecular weight is 348 g/mol. The Bertz CT molecular complexity index is 546. The van der Waals surface area contributed by atoms with Crippen LogP contribution in [0.15, 0.2) is 24.3 Å². The van der Waals surface area contributed by atoms with Gasteiger partial charge in [0, 0.05) is 26.2 Å². The predicted molar refractivity (Wildman–Crippen MR) is 102 cm³/mol. The van der Waals surface area contributed by atoms with Crippen molar-refractivity contribution in [3.63, 3.8) is 0 Å². The van der Waals surface area contributed by atoms with Gasteiger partial charge in [-0.2, -0.15) is 0 Å². The normalized spacial score (nSPS) is 22.3. The summed E-state index contributed by atoms with van der Waals surface area (Å²) < 4.78 is 5.19. The average Bonchev–Trinajstić information content (AvgIpc) is 2.60. The summed E-state index contributed by atoms with van der Waals surface area (Å²) in [7, 11) is 5.75. The van der Waals surface area contributed by atoms with E-state index in [1.165, 1.54) is 5.56 Å². The molecule has 0 radical (unpaired) electrons. The number of nitrogens with one attached hydrogen (secondary N) is 1. The van der Waals surface area contributed by atoms with Crippen molar-refractivity contribution in [3.8, 4) is 5.75 Å².